The second-order valence-corrected chi connectivity index (χ2v) is 8.83. The molecule has 4 rings (SSSR count). The quantitative estimate of drug-likeness (QED) is 0.199. The Hall–Kier alpha value is -1.97. The van der Waals surface area contributed by atoms with E-state index in [0.717, 1.165) is 32.4 Å². The van der Waals surface area contributed by atoms with Crippen LogP contribution in [0, 0.1) is 6.92 Å². The highest BCUT2D eigenvalue weighted by Gasteiger charge is 2.16. The second kappa shape index (κ2) is 10.4. The third-order valence-corrected chi connectivity index (χ3v) is 6.22. The maximum Gasteiger partial charge on any atom is 0.236 e. The number of hydrogen-bond acceptors (Lipinski definition) is 7. The van der Waals surface area contributed by atoms with E-state index in [4.69, 9.17) is 33.4 Å². The van der Waals surface area contributed by atoms with Crippen molar-refractivity contribution in [2.45, 2.75) is 6.92 Å². The number of thiophene rings is 1. The highest BCUT2D eigenvalue weighted by Crippen LogP contribution is 2.32. The van der Waals surface area contributed by atoms with Crippen LogP contribution in [0.2, 0.25) is 5.02 Å². The van der Waals surface area contributed by atoms with Crippen molar-refractivity contribution in [3.63, 3.8) is 0 Å². The highest BCUT2D eigenvalue weighted by molar-refractivity contribution is 8.93. The first-order valence-electron chi connectivity index (χ1n) is 8.58. The number of benzene rings is 2. The predicted octanol–water partition coefficient (Wildman–Crippen LogP) is 7.92. The van der Waals surface area contributed by atoms with Crippen LogP contribution in [0.25, 0.3) is 11.3 Å². The molecule has 2 aromatic carbocycles. The molecule has 30 heavy (non-hydrogen) atoms. The summed E-state index contributed by atoms with van der Waals surface area (Å²) in [4.78, 5) is 12.1. The molecule has 1 N–H and O–H groups in total. The number of thiazole rings is 1. The molecule has 0 saturated heterocycles. The molecule has 0 radical (unpaired) electrons. The first-order chi connectivity index (χ1) is 14.1. The summed E-state index contributed by atoms with van der Waals surface area (Å²) in [5.41, 5.74) is 7.37. The van der Waals surface area contributed by atoms with E-state index in [9.17, 15) is 0 Å². The summed E-state index contributed by atoms with van der Waals surface area (Å²) in [5.74, 6) is 1.43. The summed E-state index contributed by atoms with van der Waals surface area (Å²) in [7, 11) is 0. The van der Waals surface area contributed by atoms with Gasteiger partial charge in [0.1, 0.15) is 11.5 Å². The number of nitrogens with zero attached hydrogens (tertiary/aromatic N) is 1. The number of ether oxygens (including phenoxy) is 1. The summed E-state index contributed by atoms with van der Waals surface area (Å²) in [6, 6.07) is 16.7. The second-order valence-electron chi connectivity index (χ2n) is 6.05. The van der Waals surface area contributed by atoms with Crippen molar-refractivity contribution in [3.8, 4) is 22.8 Å². The summed E-state index contributed by atoms with van der Waals surface area (Å²) in [6.45, 7) is 2.04. The van der Waals surface area contributed by atoms with E-state index in [0.29, 0.717) is 15.8 Å². The molecule has 154 valence electrons. The van der Waals surface area contributed by atoms with Crippen molar-refractivity contribution in [1.82, 2.24) is 4.98 Å². The van der Waals surface area contributed by atoms with Gasteiger partial charge in [-0.2, -0.15) is 0 Å². The molecule has 2 aromatic heterocycles. The molecule has 0 unspecified atom stereocenters. The van der Waals surface area contributed by atoms with Gasteiger partial charge >= 0.3 is 0 Å². The minimum Gasteiger partial charge on any atom is -0.457 e. The van der Waals surface area contributed by atoms with Crippen LogP contribution in [-0.2, 0) is 4.84 Å². The molecule has 4 aromatic rings. The first-order valence-corrected chi connectivity index (χ1v) is 11.1. The zero-order valence-corrected chi connectivity index (χ0v) is 20.5. The number of thiocarbonyl (C=S) groups is 1. The normalized spacial score (nSPS) is 10.2. The molecule has 0 aliphatic rings. The fraction of sp³-hybridized carbons (Fsp3) is 0.0476. The highest BCUT2D eigenvalue weighted by atomic mass is 79.9. The van der Waals surface area contributed by atoms with Crippen LogP contribution in [0.3, 0.4) is 0 Å². The van der Waals surface area contributed by atoms with E-state index in [1.165, 1.54) is 0 Å². The minimum atomic E-state index is 0. The molecule has 4 nitrogen and oxygen atoms in total. The van der Waals surface area contributed by atoms with E-state index in [2.05, 4.69) is 16.5 Å². The number of halogens is 2. The number of hydrogen-bond donors (Lipinski definition) is 1. The van der Waals surface area contributed by atoms with Crippen molar-refractivity contribution < 1.29 is 9.57 Å². The van der Waals surface area contributed by atoms with E-state index < -0.39 is 0 Å². The van der Waals surface area contributed by atoms with Gasteiger partial charge in [-0.05, 0) is 73.7 Å². The standard InChI is InChI=1S/C21H15ClN2O2S3.BrH/c1-13-10-18(19-11-28-12-23-19)20(29-13)21(27)26-24-15-4-8-17(9-5-15)25-16-6-2-14(22)3-7-16;/h2-12,24H,1H3;1H. The van der Waals surface area contributed by atoms with Gasteiger partial charge in [-0.3, -0.25) is 0 Å². The summed E-state index contributed by atoms with van der Waals surface area (Å²) >= 11 is 14.5. The van der Waals surface area contributed by atoms with Gasteiger partial charge in [0, 0.05) is 20.8 Å². The van der Waals surface area contributed by atoms with Crippen LogP contribution in [0.1, 0.15) is 9.75 Å². The smallest absolute Gasteiger partial charge is 0.236 e. The van der Waals surface area contributed by atoms with Gasteiger partial charge in [0.15, 0.2) is 0 Å². The van der Waals surface area contributed by atoms with Crippen molar-refractivity contribution in [1.29, 1.82) is 0 Å². The number of aromatic nitrogens is 1. The monoisotopic (exact) mass is 538 g/mol. The largest absolute Gasteiger partial charge is 0.457 e. The molecular weight excluding hydrogens is 524 g/mol. The number of rotatable bonds is 6. The Labute approximate surface area is 203 Å². The molecule has 0 aliphatic heterocycles. The average Bonchev–Trinajstić information content (AvgIpc) is 3.38. The molecule has 9 heteroatoms. The van der Waals surface area contributed by atoms with Gasteiger partial charge < -0.3 is 9.57 Å². The van der Waals surface area contributed by atoms with Crippen molar-refractivity contribution in [3.05, 3.63) is 80.3 Å². The van der Waals surface area contributed by atoms with Crippen LogP contribution in [0.4, 0.5) is 5.69 Å². The SMILES string of the molecule is Br.Cc1cc(-c2cscn2)c(C(=S)ONc2ccc(Oc3ccc(Cl)cc3)cc2)s1. The van der Waals surface area contributed by atoms with Gasteiger partial charge in [-0.15, -0.1) is 39.7 Å². The fourth-order valence-electron chi connectivity index (χ4n) is 2.58. The zero-order chi connectivity index (χ0) is 20.2. The number of nitrogens with one attached hydrogen (secondary N) is 1. The molecule has 2 heterocycles. The average molecular weight is 540 g/mol. The van der Waals surface area contributed by atoms with Crippen LogP contribution in [-0.4, -0.2) is 10.0 Å². The van der Waals surface area contributed by atoms with Gasteiger partial charge in [0.2, 0.25) is 5.05 Å². The molecule has 0 aliphatic carbocycles. The Morgan fingerprint density at radius 3 is 2.37 bits per heavy atom. The molecule has 0 bridgehead atoms. The molecule has 0 spiro atoms. The fourth-order valence-corrected chi connectivity index (χ4v) is 4.43. The molecule has 0 atom stereocenters. The lowest BCUT2D eigenvalue weighted by Crippen LogP contribution is -2.09. The zero-order valence-electron chi connectivity index (χ0n) is 15.6. The molecular formula is C21H16BrClN2O2S3. The number of anilines is 1. The van der Waals surface area contributed by atoms with Gasteiger partial charge in [-0.1, -0.05) is 11.6 Å². The molecule has 0 saturated carbocycles. The lowest BCUT2D eigenvalue weighted by Gasteiger charge is -2.10. The summed E-state index contributed by atoms with van der Waals surface area (Å²) < 4.78 is 5.79. The van der Waals surface area contributed by atoms with Crippen LogP contribution in [0.15, 0.2) is 65.5 Å². The van der Waals surface area contributed by atoms with E-state index in [1.54, 1.807) is 34.8 Å². The summed E-state index contributed by atoms with van der Waals surface area (Å²) in [5, 5.41) is 3.05. The molecule has 0 fully saturated rings. The lowest BCUT2D eigenvalue weighted by atomic mass is 10.2. The third kappa shape index (κ3) is 5.59. The third-order valence-electron chi connectivity index (χ3n) is 3.91. The number of aryl methyl sites for hydroxylation is 1. The van der Waals surface area contributed by atoms with Gasteiger partial charge in [0.05, 0.1) is 21.8 Å². The van der Waals surface area contributed by atoms with Crippen molar-refractivity contribution in [2.24, 2.45) is 0 Å². The van der Waals surface area contributed by atoms with Gasteiger partial charge in [-0.25, -0.2) is 10.5 Å². The Morgan fingerprint density at radius 2 is 1.73 bits per heavy atom. The van der Waals surface area contributed by atoms with Crippen molar-refractivity contribution in [2.75, 3.05) is 5.48 Å². The minimum absolute atomic E-state index is 0. The van der Waals surface area contributed by atoms with Crippen LogP contribution >= 0.6 is 63.5 Å². The Kier molecular flexibility index (Phi) is 7.85. The first kappa shape index (κ1) is 22.7. The van der Waals surface area contributed by atoms with Crippen LogP contribution in [0.5, 0.6) is 11.5 Å². The van der Waals surface area contributed by atoms with E-state index in [-0.39, 0.29) is 17.0 Å². The van der Waals surface area contributed by atoms with Crippen LogP contribution < -0.4 is 10.2 Å². The molecule has 0 amide bonds. The Bertz CT molecular complexity index is 1110. The van der Waals surface area contributed by atoms with E-state index in [1.807, 2.05) is 54.2 Å². The Balaban J connectivity index is 0.00000256. The maximum atomic E-state index is 5.89. The van der Waals surface area contributed by atoms with Crippen molar-refractivity contribution >= 4 is 74.2 Å². The predicted molar refractivity (Wildman–Crippen MR) is 135 cm³/mol. The van der Waals surface area contributed by atoms with E-state index >= 15 is 0 Å². The maximum absolute atomic E-state index is 5.89. The van der Waals surface area contributed by atoms with Gasteiger partial charge in [0.25, 0.3) is 0 Å². The lowest BCUT2D eigenvalue weighted by molar-refractivity contribution is 0.406. The Morgan fingerprint density at radius 1 is 1.07 bits per heavy atom. The summed E-state index contributed by atoms with van der Waals surface area (Å²) in [6.07, 6.45) is 0. The topological polar surface area (TPSA) is 43.4 Å².